The van der Waals surface area contributed by atoms with Crippen LogP contribution in [0.3, 0.4) is 0 Å². The summed E-state index contributed by atoms with van der Waals surface area (Å²) in [5, 5.41) is 6.79. The highest BCUT2D eigenvalue weighted by Crippen LogP contribution is 2.40. The standard InChI is InChI=1S/C16H25N3O5S/c1-11-9-13(5-6-19(11)25(21,22)8-7-23-2)17-16(20)14-10-15(24-18-14)12-3-4-12/h10-13H,3-9H2,1-2H3,(H,17,20)/t11-,13-/m0/s1. The van der Waals surface area contributed by atoms with Crippen LogP contribution in [0.25, 0.3) is 0 Å². The van der Waals surface area contributed by atoms with E-state index in [-0.39, 0.29) is 30.4 Å². The first-order chi connectivity index (χ1) is 11.9. The van der Waals surface area contributed by atoms with E-state index in [4.69, 9.17) is 9.26 Å². The highest BCUT2D eigenvalue weighted by atomic mass is 32.2. The zero-order chi connectivity index (χ0) is 18.0. The Balaban J connectivity index is 1.54. The van der Waals surface area contributed by atoms with E-state index in [0.29, 0.717) is 31.0 Å². The number of hydrogen-bond acceptors (Lipinski definition) is 6. The lowest BCUT2D eigenvalue weighted by atomic mass is 10.0. The molecule has 0 spiro atoms. The predicted octanol–water partition coefficient (Wildman–Crippen LogP) is 1.11. The fourth-order valence-electron chi connectivity index (χ4n) is 3.22. The molecule has 2 aliphatic rings. The Morgan fingerprint density at radius 1 is 1.44 bits per heavy atom. The van der Waals surface area contributed by atoms with E-state index in [2.05, 4.69) is 10.5 Å². The van der Waals surface area contributed by atoms with Crippen molar-refractivity contribution < 1.29 is 22.5 Å². The normalized spacial score (nSPS) is 25.0. The summed E-state index contributed by atoms with van der Waals surface area (Å²) in [5.41, 5.74) is 0.296. The molecule has 9 heteroatoms. The molecule has 1 aromatic rings. The molecule has 1 N–H and O–H groups in total. The summed E-state index contributed by atoms with van der Waals surface area (Å²) in [6.07, 6.45) is 3.33. The lowest BCUT2D eigenvalue weighted by molar-refractivity contribution is 0.0905. The van der Waals surface area contributed by atoms with Crippen LogP contribution in [-0.4, -0.2) is 61.9 Å². The summed E-state index contributed by atoms with van der Waals surface area (Å²) in [6.45, 7) is 2.44. The van der Waals surface area contributed by atoms with Gasteiger partial charge in [0.05, 0.1) is 12.4 Å². The molecular weight excluding hydrogens is 346 g/mol. The number of carbonyl (C=O) groups excluding carboxylic acids is 1. The number of sulfonamides is 1. The van der Waals surface area contributed by atoms with Crippen molar-refractivity contribution in [3.8, 4) is 0 Å². The second-order valence-electron chi connectivity index (χ2n) is 6.85. The number of nitrogens with zero attached hydrogens (tertiary/aromatic N) is 2. The SMILES string of the molecule is COCCS(=O)(=O)N1CC[C@H](NC(=O)c2cc(C3CC3)on2)C[C@@H]1C. The average molecular weight is 371 g/mol. The van der Waals surface area contributed by atoms with Gasteiger partial charge in [0.25, 0.3) is 5.91 Å². The first-order valence-electron chi connectivity index (χ1n) is 8.66. The number of rotatable bonds is 7. The average Bonchev–Trinajstić information content (AvgIpc) is 3.29. The van der Waals surface area contributed by atoms with Gasteiger partial charge in [-0.1, -0.05) is 5.16 Å². The fraction of sp³-hybridized carbons (Fsp3) is 0.750. The Morgan fingerprint density at radius 3 is 2.84 bits per heavy atom. The van der Waals surface area contributed by atoms with Crippen LogP contribution < -0.4 is 5.32 Å². The molecule has 8 nitrogen and oxygen atoms in total. The van der Waals surface area contributed by atoms with Crippen LogP contribution in [0.4, 0.5) is 0 Å². The molecule has 25 heavy (non-hydrogen) atoms. The molecule has 1 aliphatic carbocycles. The van der Waals surface area contributed by atoms with E-state index >= 15 is 0 Å². The minimum absolute atomic E-state index is 0.0201. The smallest absolute Gasteiger partial charge is 0.273 e. The van der Waals surface area contributed by atoms with Crippen LogP contribution in [-0.2, 0) is 14.8 Å². The predicted molar refractivity (Wildman–Crippen MR) is 90.8 cm³/mol. The van der Waals surface area contributed by atoms with Crippen molar-refractivity contribution in [2.75, 3.05) is 26.0 Å². The number of nitrogens with one attached hydrogen (secondary N) is 1. The minimum atomic E-state index is -3.33. The zero-order valence-corrected chi connectivity index (χ0v) is 15.4. The molecular formula is C16H25N3O5S. The fourth-order valence-corrected chi connectivity index (χ4v) is 4.85. The summed E-state index contributed by atoms with van der Waals surface area (Å²) >= 11 is 0. The molecule has 1 saturated carbocycles. The van der Waals surface area contributed by atoms with Crippen LogP contribution in [0.5, 0.6) is 0 Å². The maximum atomic E-state index is 12.3. The van der Waals surface area contributed by atoms with Gasteiger partial charge in [-0.05, 0) is 32.6 Å². The topological polar surface area (TPSA) is 102 Å². The van der Waals surface area contributed by atoms with Gasteiger partial charge in [-0.15, -0.1) is 0 Å². The zero-order valence-electron chi connectivity index (χ0n) is 14.6. The van der Waals surface area contributed by atoms with Gasteiger partial charge in [0.15, 0.2) is 5.69 Å². The van der Waals surface area contributed by atoms with Gasteiger partial charge < -0.3 is 14.6 Å². The Labute approximate surface area is 147 Å². The van der Waals surface area contributed by atoms with Crippen molar-refractivity contribution in [3.63, 3.8) is 0 Å². The van der Waals surface area contributed by atoms with E-state index < -0.39 is 10.0 Å². The number of aromatic nitrogens is 1. The number of amides is 1. The van der Waals surface area contributed by atoms with Crippen molar-refractivity contribution in [3.05, 3.63) is 17.5 Å². The van der Waals surface area contributed by atoms with Crippen molar-refractivity contribution in [1.82, 2.24) is 14.8 Å². The molecule has 0 bridgehead atoms. The molecule has 3 rings (SSSR count). The number of methoxy groups -OCH3 is 1. The number of hydrogen-bond donors (Lipinski definition) is 1. The molecule has 0 unspecified atom stereocenters. The van der Waals surface area contributed by atoms with E-state index in [1.165, 1.54) is 11.4 Å². The van der Waals surface area contributed by atoms with Crippen LogP contribution >= 0.6 is 0 Å². The van der Waals surface area contributed by atoms with Crippen LogP contribution in [0.15, 0.2) is 10.6 Å². The largest absolute Gasteiger partial charge is 0.384 e. The van der Waals surface area contributed by atoms with Gasteiger partial charge >= 0.3 is 0 Å². The van der Waals surface area contributed by atoms with Crippen molar-refractivity contribution >= 4 is 15.9 Å². The van der Waals surface area contributed by atoms with Crippen LogP contribution in [0.2, 0.25) is 0 Å². The third-order valence-electron chi connectivity index (χ3n) is 4.79. The van der Waals surface area contributed by atoms with Gasteiger partial charge in [0.1, 0.15) is 5.76 Å². The first kappa shape index (κ1) is 18.3. The molecule has 0 radical (unpaired) electrons. The summed E-state index contributed by atoms with van der Waals surface area (Å²) in [5.74, 6) is 0.907. The summed E-state index contributed by atoms with van der Waals surface area (Å²) in [7, 11) is -1.84. The van der Waals surface area contributed by atoms with Crippen LogP contribution in [0, 0.1) is 0 Å². The third kappa shape index (κ3) is 4.39. The molecule has 140 valence electrons. The van der Waals surface area contributed by atoms with E-state index in [9.17, 15) is 13.2 Å². The van der Waals surface area contributed by atoms with Gasteiger partial charge in [-0.25, -0.2) is 8.42 Å². The maximum Gasteiger partial charge on any atom is 0.273 e. The summed E-state index contributed by atoms with van der Waals surface area (Å²) in [6, 6.07) is 1.47. The number of ether oxygens (including phenoxy) is 1. The third-order valence-corrected chi connectivity index (χ3v) is 6.73. The molecule has 1 saturated heterocycles. The van der Waals surface area contributed by atoms with Gasteiger partial charge in [-0.3, -0.25) is 4.79 Å². The van der Waals surface area contributed by atoms with E-state index in [1.54, 1.807) is 6.07 Å². The number of carbonyl (C=O) groups is 1. The first-order valence-corrected chi connectivity index (χ1v) is 10.3. The van der Waals surface area contributed by atoms with Crippen molar-refractivity contribution in [1.29, 1.82) is 0 Å². The van der Waals surface area contributed by atoms with E-state index in [1.807, 2.05) is 6.92 Å². The van der Waals surface area contributed by atoms with Crippen molar-refractivity contribution in [2.24, 2.45) is 0 Å². The molecule has 0 aromatic carbocycles. The second-order valence-corrected chi connectivity index (χ2v) is 8.89. The lowest BCUT2D eigenvalue weighted by Gasteiger charge is -2.36. The maximum absolute atomic E-state index is 12.3. The Kier molecular flexibility index (Phi) is 5.45. The quantitative estimate of drug-likeness (QED) is 0.770. The highest BCUT2D eigenvalue weighted by Gasteiger charge is 2.34. The molecule has 2 heterocycles. The van der Waals surface area contributed by atoms with Gasteiger partial charge in [0, 0.05) is 37.7 Å². The lowest BCUT2D eigenvalue weighted by Crippen LogP contribution is -2.51. The molecule has 2 atom stereocenters. The Morgan fingerprint density at radius 2 is 2.20 bits per heavy atom. The monoisotopic (exact) mass is 371 g/mol. The minimum Gasteiger partial charge on any atom is -0.384 e. The van der Waals surface area contributed by atoms with Gasteiger partial charge in [0.2, 0.25) is 10.0 Å². The molecule has 1 aromatic heterocycles. The highest BCUT2D eigenvalue weighted by molar-refractivity contribution is 7.89. The Bertz CT molecular complexity index is 713. The molecule has 1 amide bonds. The van der Waals surface area contributed by atoms with E-state index in [0.717, 1.165) is 18.6 Å². The molecule has 2 fully saturated rings. The van der Waals surface area contributed by atoms with Crippen LogP contribution in [0.1, 0.15) is 54.8 Å². The Hall–Kier alpha value is -1.45. The molecule has 1 aliphatic heterocycles. The van der Waals surface area contributed by atoms with Crippen molar-refractivity contribution in [2.45, 2.75) is 50.6 Å². The summed E-state index contributed by atoms with van der Waals surface area (Å²) in [4.78, 5) is 12.3. The van der Waals surface area contributed by atoms with Gasteiger partial charge in [-0.2, -0.15) is 4.31 Å². The second kappa shape index (κ2) is 7.43. The number of piperidine rings is 1. The summed E-state index contributed by atoms with van der Waals surface area (Å²) < 4.78 is 36.2.